The summed E-state index contributed by atoms with van der Waals surface area (Å²) in [5, 5.41) is 23.1. The van der Waals surface area contributed by atoms with E-state index in [9.17, 15) is 24.6 Å². The van der Waals surface area contributed by atoms with Gasteiger partial charge in [-0.1, -0.05) is 84.4 Å². The first-order chi connectivity index (χ1) is 19.8. The Bertz CT molecular complexity index is 1160. The SMILES string of the molecule is C/C=C(\C)C(=O)O[C@@H]1[C@@H](C)[C@]2(O)[C@H]3C=C(C)C(=O)[C@H]3CC(CO)=C[C@H]2[C@@H]2C(C)(C)[C@]12OC(=O)CCCCCCCCC. The highest BCUT2D eigenvalue weighted by molar-refractivity contribution is 6.00. The summed E-state index contributed by atoms with van der Waals surface area (Å²) in [5.41, 5.74) is -1.46. The third kappa shape index (κ3) is 5.23. The van der Waals surface area contributed by atoms with Crippen molar-refractivity contribution in [3.63, 3.8) is 0 Å². The van der Waals surface area contributed by atoms with Crippen molar-refractivity contribution in [2.24, 2.45) is 35.0 Å². The number of Topliss-reactive ketones (excluding diaryl/α,β-unsaturated/α-hetero) is 1. The maximum Gasteiger partial charge on any atom is 0.333 e. The van der Waals surface area contributed by atoms with Crippen LogP contribution in [0.25, 0.3) is 0 Å². The predicted octanol–water partition coefficient (Wildman–Crippen LogP) is 6.02. The van der Waals surface area contributed by atoms with Gasteiger partial charge in [0.2, 0.25) is 0 Å². The zero-order valence-electron chi connectivity index (χ0n) is 26.7. The van der Waals surface area contributed by atoms with E-state index in [1.807, 2.05) is 32.9 Å². The van der Waals surface area contributed by atoms with Crippen molar-refractivity contribution in [1.29, 1.82) is 0 Å². The molecule has 234 valence electrons. The van der Waals surface area contributed by atoms with E-state index in [0.29, 0.717) is 23.1 Å². The van der Waals surface area contributed by atoms with E-state index < -0.39 is 52.4 Å². The lowest BCUT2D eigenvalue weighted by Crippen LogP contribution is -2.63. The van der Waals surface area contributed by atoms with Gasteiger partial charge in [-0.25, -0.2) is 4.79 Å². The van der Waals surface area contributed by atoms with Crippen LogP contribution in [0.4, 0.5) is 0 Å². The summed E-state index contributed by atoms with van der Waals surface area (Å²) < 4.78 is 12.7. The highest BCUT2D eigenvalue weighted by Gasteiger charge is 2.87. The summed E-state index contributed by atoms with van der Waals surface area (Å²) in [6.07, 6.45) is 12.8. The summed E-state index contributed by atoms with van der Waals surface area (Å²) in [6.45, 7) is 13.1. The standard InChI is InChI=1S/C35H52O7/c1-8-10-11-12-13-14-15-16-28(37)42-35-30(33(35,6)7)27-19-24(20-36)18-25-26(17-22(4)29(25)38)34(27,40)23(5)31(35)41-32(39)21(3)9-2/h9,17,19,23,25-27,30-31,36,40H,8,10-16,18,20H2,1-7H3/b21-9+/t23-,25+,26+,27+,30-,31-,34+,35-/m1/s1. The molecule has 0 aromatic heterocycles. The Hall–Kier alpha value is -2.25. The minimum absolute atomic E-state index is 0.0213. The van der Waals surface area contributed by atoms with Gasteiger partial charge in [-0.05, 0) is 44.8 Å². The van der Waals surface area contributed by atoms with Crippen molar-refractivity contribution >= 4 is 17.7 Å². The lowest BCUT2D eigenvalue weighted by molar-refractivity contribution is -0.219. The number of ketones is 1. The Kier molecular flexibility index (Phi) is 9.64. The summed E-state index contributed by atoms with van der Waals surface area (Å²) in [6, 6.07) is 0. The number of rotatable bonds is 12. The summed E-state index contributed by atoms with van der Waals surface area (Å²) >= 11 is 0. The monoisotopic (exact) mass is 584 g/mol. The molecule has 2 fully saturated rings. The molecule has 0 aromatic carbocycles. The second-order valence-electron chi connectivity index (χ2n) is 13.9. The lowest BCUT2D eigenvalue weighted by atomic mass is 9.59. The number of allylic oxidation sites excluding steroid dienone is 2. The molecule has 0 aliphatic heterocycles. The molecule has 0 unspecified atom stereocenters. The van der Waals surface area contributed by atoms with Gasteiger partial charge in [0.05, 0.1) is 12.2 Å². The number of hydrogen-bond acceptors (Lipinski definition) is 7. The van der Waals surface area contributed by atoms with Gasteiger partial charge in [0.1, 0.15) is 6.10 Å². The van der Waals surface area contributed by atoms with Crippen molar-refractivity contribution in [3.8, 4) is 0 Å². The van der Waals surface area contributed by atoms with E-state index in [-0.39, 0.29) is 30.7 Å². The molecule has 0 radical (unpaired) electrons. The molecule has 2 saturated carbocycles. The van der Waals surface area contributed by atoms with Crippen molar-refractivity contribution < 1.29 is 34.1 Å². The van der Waals surface area contributed by atoms with Crippen LogP contribution >= 0.6 is 0 Å². The summed E-state index contributed by atoms with van der Waals surface area (Å²) in [5.74, 6) is -3.37. The highest BCUT2D eigenvalue weighted by Crippen LogP contribution is 2.77. The molecule has 0 spiro atoms. The van der Waals surface area contributed by atoms with Gasteiger partial charge in [-0.3, -0.25) is 9.59 Å². The number of aliphatic hydroxyl groups is 2. The average molecular weight is 585 g/mol. The van der Waals surface area contributed by atoms with Crippen LogP contribution in [0.2, 0.25) is 0 Å². The second-order valence-corrected chi connectivity index (χ2v) is 13.9. The van der Waals surface area contributed by atoms with Gasteiger partial charge in [0.15, 0.2) is 11.4 Å². The highest BCUT2D eigenvalue weighted by atomic mass is 16.6. The second kappa shape index (κ2) is 12.4. The van der Waals surface area contributed by atoms with Crippen LogP contribution in [0.15, 0.2) is 34.9 Å². The fraction of sp³-hybridized carbons (Fsp3) is 0.743. The molecule has 0 bridgehead atoms. The molecule has 0 saturated heterocycles. The number of carbonyl (C=O) groups is 3. The topological polar surface area (TPSA) is 110 Å². The van der Waals surface area contributed by atoms with E-state index in [2.05, 4.69) is 6.92 Å². The molecular formula is C35H52O7. The number of hydrogen-bond donors (Lipinski definition) is 2. The number of aliphatic hydroxyl groups excluding tert-OH is 1. The fourth-order valence-corrected chi connectivity index (χ4v) is 8.55. The Balaban J connectivity index is 1.70. The summed E-state index contributed by atoms with van der Waals surface area (Å²) in [4.78, 5) is 39.9. The lowest BCUT2D eigenvalue weighted by Gasteiger charge is -2.52. The van der Waals surface area contributed by atoms with E-state index >= 15 is 0 Å². The molecule has 0 amide bonds. The predicted molar refractivity (Wildman–Crippen MR) is 161 cm³/mol. The van der Waals surface area contributed by atoms with Crippen LogP contribution in [0.3, 0.4) is 0 Å². The van der Waals surface area contributed by atoms with E-state index in [0.717, 1.165) is 19.3 Å². The number of fused-ring (bicyclic) bond motifs is 5. The molecule has 7 heteroatoms. The molecule has 4 aliphatic carbocycles. The van der Waals surface area contributed by atoms with Crippen molar-refractivity contribution in [2.45, 2.75) is 124 Å². The van der Waals surface area contributed by atoms with Crippen LogP contribution in [-0.2, 0) is 23.9 Å². The van der Waals surface area contributed by atoms with Gasteiger partial charge in [0, 0.05) is 47.0 Å². The molecule has 42 heavy (non-hydrogen) atoms. The minimum Gasteiger partial charge on any atom is -0.454 e. The van der Waals surface area contributed by atoms with Gasteiger partial charge in [-0.15, -0.1) is 0 Å². The number of ether oxygens (including phenoxy) is 2. The van der Waals surface area contributed by atoms with Gasteiger partial charge in [-0.2, -0.15) is 0 Å². The molecule has 2 N–H and O–H groups in total. The maximum absolute atomic E-state index is 13.4. The largest absolute Gasteiger partial charge is 0.454 e. The van der Waals surface area contributed by atoms with Gasteiger partial charge >= 0.3 is 11.9 Å². The Morgan fingerprint density at radius 3 is 2.33 bits per heavy atom. The molecule has 4 aliphatic rings. The Morgan fingerprint density at radius 1 is 1.07 bits per heavy atom. The van der Waals surface area contributed by atoms with Crippen LogP contribution in [0.1, 0.15) is 106 Å². The molecule has 0 heterocycles. The van der Waals surface area contributed by atoms with Crippen molar-refractivity contribution in [2.75, 3.05) is 6.61 Å². The molecule has 4 rings (SSSR count). The minimum atomic E-state index is -1.45. The third-order valence-electron chi connectivity index (χ3n) is 11.1. The van der Waals surface area contributed by atoms with E-state index in [4.69, 9.17) is 9.47 Å². The van der Waals surface area contributed by atoms with E-state index in [1.165, 1.54) is 25.7 Å². The van der Waals surface area contributed by atoms with Gasteiger partial charge < -0.3 is 19.7 Å². The molecule has 7 nitrogen and oxygen atoms in total. The summed E-state index contributed by atoms with van der Waals surface area (Å²) in [7, 11) is 0. The smallest absolute Gasteiger partial charge is 0.333 e. The Labute approximate surface area is 251 Å². The zero-order chi connectivity index (χ0) is 31.0. The maximum atomic E-state index is 13.4. The van der Waals surface area contributed by atoms with Crippen LogP contribution in [0, 0.1) is 35.0 Å². The number of carbonyl (C=O) groups excluding carboxylic acids is 3. The van der Waals surface area contributed by atoms with Crippen LogP contribution < -0.4 is 0 Å². The van der Waals surface area contributed by atoms with Crippen LogP contribution in [0.5, 0.6) is 0 Å². The van der Waals surface area contributed by atoms with Crippen molar-refractivity contribution in [1.82, 2.24) is 0 Å². The first-order valence-electron chi connectivity index (χ1n) is 16.1. The average Bonchev–Trinajstić information content (AvgIpc) is 3.35. The van der Waals surface area contributed by atoms with Crippen molar-refractivity contribution in [3.05, 3.63) is 34.9 Å². The zero-order valence-corrected chi connectivity index (χ0v) is 26.7. The number of esters is 2. The van der Waals surface area contributed by atoms with E-state index in [1.54, 1.807) is 26.8 Å². The first-order valence-corrected chi connectivity index (χ1v) is 16.1. The Morgan fingerprint density at radius 2 is 1.71 bits per heavy atom. The molecular weight excluding hydrogens is 532 g/mol. The van der Waals surface area contributed by atoms with Gasteiger partial charge in [0.25, 0.3) is 0 Å². The quantitative estimate of drug-likeness (QED) is 0.125. The first kappa shape index (κ1) is 32.7. The number of unbranched alkanes of at least 4 members (excludes halogenated alkanes) is 6. The molecule has 0 aromatic rings. The fourth-order valence-electron chi connectivity index (χ4n) is 8.55. The van der Waals surface area contributed by atoms with Crippen LogP contribution in [-0.4, -0.2) is 51.8 Å². The third-order valence-corrected chi connectivity index (χ3v) is 11.1. The normalized spacial score (nSPS) is 36.6. The molecule has 8 atom stereocenters.